The zero-order chi connectivity index (χ0) is 13.3. The highest BCUT2D eigenvalue weighted by atomic mass is 32.2. The molecule has 1 aliphatic rings. The molecule has 0 saturated carbocycles. The molecule has 0 radical (unpaired) electrons. The van der Waals surface area contributed by atoms with E-state index in [2.05, 4.69) is 22.8 Å². The predicted molar refractivity (Wildman–Crippen MR) is 74.6 cm³/mol. The van der Waals surface area contributed by atoms with Gasteiger partial charge in [0, 0.05) is 18.3 Å². The van der Waals surface area contributed by atoms with Gasteiger partial charge in [0.25, 0.3) is 0 Å². The van der Waals surface area contributed by atoms with Gasteiger partial charge in [0.2, 0.25) is 0 Å². The van der Waals surface area contributed by atoms with Crippen molar-refractivity contribution < 1.29 is 9.53 Å². The maximum absolute atomic E-state index is 11.7. The molecule has 0 spiro atoms. The quantitative estimate of drug-likeness (QED) is 0.851. The lowest BCUT2D eigenvalue weighted by Crippen LogP contribution is -2.53. The third kappa shape index (κ3) is 3.76. The van der Waals surface area contributed by atoms with Gasteiger partial charge in [-0.25, -0.2) is 4.79 Å². The molecule has 1 aliphatic heterocycles. The third-order valence-corrected chi connectivity index (χ3v) is 4.50. The van der Waals surface area contributed by atoms with Crippen LogP contribution in [0.25, 0.3) is 0 Å². The minimum absolute atomic E-state index is 0.244. The van der Waals surface area contributed by atoms with E-state index in [1.807, 2.05) is 20.8 Å². The smallest absolute Gasteiger partial charge is 0.410 e. The number of carbonyl (C=O) groups is 1. The van der Waals surface area contributed by atoms with Crippen LogP contribution in [0.3, 0.4) is 0 Å². The minimum Gasteiger partial charge on any atom is -0.444 e. The number of carbonyl (C=O) groups excluding carboxylic acids is 1. The molecule has 2 rings (SSSR count). The molecule has 1 aromatic rings. The van der Waals surface area contributed by atoms with Crippen LogP contribution in [-0.4, -0.2) is 45.1 Å². The molecular weight excluding hydrogens is 290 g/mol. The molecule has 100 valence electrons. The standard InChI is InChI=1S/C10H15N3O2S3/c1-10(2,3)15-9(14)13-4-6(5-13)17-8-12-11-7(16)18-8/h6H,4-5H2,1-3H3,(H,11,16). The maximum atomic E-state index is 11.7. The fraction of sp³-hybridized carbons (Fsp3) is 0.700. The van der Waals surface area contributed by atoms with Crippen LogP contribution in [0.4, 0.5) is 4.79 Å². The lowest BCUT2D eigenvalue weighted by Gasteiger charge is -2.38. The molecule has 1 saturated heterocycles. The van der Waals surface area contributed by atoms with E-state index in [-0.39, 0.29) is 6.09 Å². The Morgan fingerprint density at radius 2 is 2.17 bits per heavy atom. The van der Waals surface area contributed by atoms with Crippen molar-refractivity contribution in [3.8, 4) is 0 Å². The molecule has 1 aromatic heterocycles. The van der Waals surface area contributed by atoms with Gasteiger partial charge in [-0.15, -0.1) is 22.8 Å². The summed E-state index contributed by atoms with van der Waals surface area (Å²) in [5.74, 6) is 0. The monoisotopic (exact) mass is 305 g/mol. The second-order valence-electron chi connectivity index (χ2n) is 4.98. The maximum Gasteiger partial charge on any atom is 0.410 e. The van der Waals surface area contributed by atoms with Crippen LogP contribution in [0.5, 0.6) is 0 Å². The van der Waals surface area contributed by atoms with Gasteiger partial charge in [-0.3, -0.25) is 0 Å². The van der Waals surface area contributed by atoms with Gasteiger partial charge in [-0.1, -0.05) is 23.1 Å². The minimum atomic E-state index is -0.435. The number of thiol groups is 1. The second kappa shape index (κ2) is 5.26. The summed E-state index contributed by atoms with van der Waals surface area (Å²) in [6.45, 7) is 6.99. The van der Waals surface area contributed by atoms with Gasteiger partial charge in [0.15, 0.2) is 8.68 Å². The Balaban J connectivity index is 1.75. The van der Waals surface area contributed by atoms with E-state index in [9.17, 15) is 4.79 Å². The summed E-state index contributed by atoms with van der Waals surface area (Å²) in [6.07, 6.45) is -0.244. The van der Waals surface area contributed by atoms with Crippen LogP contribution in [0.15, 0.2) is 8.68 Å². The fourth-order valence-corrected chi connectivity index (χ4v) is 3.91. The van der Waals surface area contributed by atoms with Crippen LogP contribution in [0.2, 0.25) is 0 Å². The van der Waals surface area contributed by atoms with Crippen LogP contribution in [0, 0.1) is 0 Å². The molecule has 8 heteroatoms. The number of rotatable bonds is 2. The molecule has 1 fully saturated rings. The molecule has 0 aromatic carbocycles. The Kier molecular flexibility index (Phi) is 4.08. The fourth-order valence-electron chi connectivity index (χ4n) is 1.38. The SMILES string of the molecule is CC(C)(C)OC(=O)N1CC(Sc2nnc(S)s2)C1. The average molecular weight is 305 g/mol. The van der Waals surface area contributed by atoms with Crippen molar-refractivity contribution >= 4 is 41.8 Å². The molecule has 1 amide bonds. The molecule has 0 aliphatic carbocycles. The summed E-state index contributed by atoms with van der Waals surface area (Å²) in [4.78, 5) is 13.4. The number of aromatic nitrogens is 2. The van der Waals surface area contributed by atoms with Gasteiger partial charge < -0.3 is 9.64 Å². The van der Waals surface area contributed by atoms with Crippen molar-refractivity contribution in [1.82, 2.24) is 15.1 Å². The van der Waals surface area contributed by atoms with E-state index in [4.69, 9.17) is 4.74 Å². The molecule has 0 atom stereocenters. The largest absolute Gasteiger partial charge is 0.444 e. The summed E-state index contributed by atoms with van der Waals surface area (Å²) in [7, 11) is 0. The summed E-state index contributed by atoms with van der Waals surface area (Å²) < 4.78 is 6.85. The Bertz CT molecular complexity index is 438. The first kappa shape index (κ1) is 14.0. The molecule has 0 N–H and O–H groups in total. The molecule has 0 unspecified atom stereocenters. The van der Waals surface area contributed by atoms with E-state index < -0.39 is 5.60 Å². The molecule has 5 nitrogen and oxygen atoms in total. The highest BCUT2D eigenvalue weighted by Gasteiger charge is 2.34. The number of amides is 1. The normalized spacial score (nSPS) is 16.6. The number of ether oxygens (including phenoxy) is 1. The van der Waals surface area contributed by atoms with E-state index in [1.54, 1.807) is 16.7 Å². The van der Waals surface area contributed by atoms with E-state index in [0.29, 0.717) is 22.7 Å². The van der Waals surface area contributed by atoms with Crippen molar-refractivity contribution in [2.45, 2.75) is 40.3 Å². The number of hydrogen-bond donors (Lipinski definition) is 1. The Labute approximate surface area is 120 Å². The van der Waals surface area contributed by atoms with Gasteiger partial charge in [-0.05, 0) is 20.8 Å². The average Bonchev–Trinajstić information content (AvgIpc) is 2.53. The predicted octanol–water partition coefficient (Wildman–Crippen LogP) is 2.54. The first-order chi connectivity index (χ1) is 8.33. The van der Waals surface area contributed by atoms with Crippen LogP contribution >= 0.6 is 35.7 Å². The first-order valence-corrected chi connectivity index (χ1v) is 7.65. The topological polar surface area (TPSA) is 55.3 Å². The highest BCUT2D eigenvalue weighted by Crippen LogP contribution is 2.32. The summed E-state index contributed by atoms with van der Waals surface area (Å²) >= 11 is 7.21. The van der Waals surface area contributed by atoms with Gasteiger partial charge >= 0.3 is 6.09 Å². The number of hydrogen-bond acceptors (Lipinski definition) is 7. The highest BCUT2D eigenvalue weighted by molar-refractivity contribution is 8.01. The van der Waals surface area contributed by atoms with E-state index in [1.165, 1.54) is 11.3 Å². The van der Waals surface area contributed by atoms with E-state index in [0.717, 1.165) is 4.34 Å². The molecule has 18 heavy (non-hydrogen) atoms. The lowest BCUT2D eigenvalue weighted by atomic mass is 10.2. The number of nitrogens with zero attached hydrogens (tertiary/aromatic N) is 3. The summed E-state index contributed by atoms with van der Waals surface area (Å²) in [5.41, 5.74) is -0.435. The van der Waals surface area contributed by atoms with Gasteiger partial charge in [0.1, 0.15) is 5.60 Å². The zero-order valence-electron chi connectivity index (χ0n) is 10.4. The van der Waals surface area contributed by atoms with Gasteiger partial charge in [-0.2, -0.15) is 0 Å². The van der Waals surface area contributed by atoms with Crippen molar-refractivity contribution in [3.63, 3.8) is 0 Å². The summed E-state index contributed by atoms with van der Waals surface area (Å²) in [5, 5.41) is 8.20. The van der Waals surface area contributed by atoms with Crippen molar-refractivity contribution in [3.05, 3.63) is 0 Å². The Morgan fingerprint density at radius 3 is 2.67 bits per heavy atom. The zero-order valence-corrected chi connectivity index (χ0v) is 12.9. The first-order valence-electron chi connectivity index (χ1n) is 5.50. The Hall–Kier alpha value is -0.470. The number of likely N-dealkylation sites (tertiary alicyclic amines) is 1. The van der Waals surface area contributed by atoms with Crippen LogP contribution in [-0.2, 0) is 4.74 Å². The van der Waals surface area contributed by atoms with Crippen molar-refractivity contribution in [2.24, 2.45) is 0 Å². The Morgan fingerprint density at radius 1 is 1.50 bits per heavy atom. The molecule has 2 heterocycles. The lowest BCUT2D eigenvalue weighted by molar-refractivity contribution is 0.0144. The molecular formula is C10H15N3O2S3. The van der Waals surface area contributed by atoms with Crippen LogP contribution in [0.1, 0.15) is 20.8 Å². The third-order valence-electron chi connectivity index (χ3n) is 2.16. The number of thioether (sulfide) groups is 1. The van der Waals surface area contributed by atoms with E-state index >= 15 is 0 Å². The second-order valence-corrected chi connectivity index (χ2v) is 8.23. The van der Waals surface area contributed by atoms with Crippen LogP contribution < -0.4 is 0 Å². The molecule has 0 bridgehead atoms. The van der Waals surface area contributed by atoms with Crippen molar-refractivity contribution in [2.75, 3.05) is 13.1 Å². The summed E-state index contributed by atoms with van der Waals surface area (Å²) in [6, 6.07) is 0. The van der Waals surface area contributed by atoms with Crippen molar-refractivity contribution in [1.29, 1.82) is 0 Å². The van der Waals surface area contributed by atoms with Gasteiger partial charge in [0.05, 0.1) is 0 Å².